The number of carboxylic acid groups (broad SMARTS) is 1. The zero-order chi connectivity index (χ0) is 22.8. The molecule has 8 heteroatoms. The Kier molecular flexibility index (Phi) is 10.3. The van der Waals surface area contributed by atoms with E-state index in [1.807, 2.05) is 38.1 Å². The summed E-state index contributed by atoms with van der Waals surface area (Å²) in [5.41, 5.74) is 1.31. The molecule has 1 aromatic rings. The van der Waals surface area contributed by atoms with Crippen molar-refractivity contribution in [1.29, 1.82) is 0 Å². The molecule has 1 aliphatic rings. The van der Waals surface area contributed by atoms with Gasteiger partial charge in [-0.3, -0.25) is 4.79 Å². The van der Waals surface area contributed by atoms with E-state index in [2.05, 4.69) is 16.0 Å². The molecule has 4 N–H and O–H groups in total. The van der Waals surface area contributed by atoms with Crippen LogP contribution in [-0.4, -0.2) is 54.4 Å². The van der Waals surface area contributed by atoms with Gasteiger partial charge in [-0.2, -0.15) is 0 Å². The van der Waals surface area contributed by atoms with Crippen molar-refractivity contribution in [2.45, 2.75) is 70.7 Å². The largest absolute Gasteiger partial charge is 0.478 e. The van der Waals surface area contributed by atoms with Gasteiger partial charge in [0.25, 0.3) is 0 Å². The Labute approximate surface area is 189 Å². The number of anilines is 1. The van der Waals surface area contributed by atoms with Crippen LogP contribution in [0.4, 0.5) is 5.69 Å². The van der Waals surface area contributed by atoms with Crippen LogP contribution in [0.25, 0.3) is 0 Å². The van der Waals surface area contributed by atoms with Crippen molar-refractivity contribution < 1.29 is 19.4 Å². The summed E-state index contributed by atoms with van der Waals surface area (Å²) in [6, 6.07) is 6.96. The molecule has 0 heterocycles. The average Bonchev–Trinajstić information content (AvgIpc) is 2.74. The SMILES string of the molecule is CCC(CC)O[C@@H]1C=C(C(=O)O)C[C@H](NCCCNc2ccc(Cl)cc2)[C@H]1NC(C)=O. The van der Waals surface area contributed by atoms with Crippen LogP contribution >= 0.6 is 11.6 Å². The fourth-order valence-corrected chi connectivity index (χ4v) is 3.87. The van der Waals surface area contributed by atoms with Gasteiger partial charge < -0.3 is 25.8 Å². The van der Waals surface area contributed by atoms with E-state index < -0.39 is 12.1 Å². The normalized spacial score (nSPS) is 20.9. The Morgan fingerprint density at radius 1 is 1.19 bits per heavy atom. The second kappa shape index (κ2) is 12.7. The molecule has 31 heavy (non-hydrogen) atoms. The number of nitrogens with one attached hydrogen (secondary N) is 3. The molecule has 1 aliphatic carbocycles. The molecular formula is C23H34ClN3O4. The summed E-state index contributed by atoms with van der Waals surface area (Å²) < 4.78 is 6.19. The van der Waals surface area contributed by atoms with E-state index in [9.17, 15) is 14.7 Å². The van der Waals surface area contributed by atoms with Gasteiger partial charge >= 0.3 is 5.97 Å². The third-order valence-electron chi connectivity index (χ3n) is 5.43. The van der Waals surface area contributed by atoms with Gasteiger partial charge in [-0.1, -0.05) is 25.4 Å². The molecule has 0 spiro atoms. The predicted octanol–water partition coefficient (Wildman–Crippen LogP) is 3.59. The fraction of sp³-hybridized carbons (Fsp3) is 0.565. The number of ether oxygens (including phenoxy) is 1. The lowest BCUT2D eigenvalue weighted by molar-refractivity contribution is -0.133. The Balaban J connectivity index is 2.00. The molecule has 0 fully saturated rings. The number of amides is 1. The number of carbonyl (C=O) groups excluding carboxylic acids is 1. The number of benzene rings is 1. The number of carbonyl (C=O) groups is 2. The monoisotopic (exact) mass is 451 g/mol. The highest BCUT2D eigenvalue weighted by atomic mass is 35.5. The van der Waals surface area contributed by atoms with Gasteiger partial charge in [0.2, 0.25) is 5.91 Å². The van der Waals surface area contributed by atoms with Crippen LogP contribution in [0, 0.1) is 0 Å². The van der Waals surface area contributed by atoms with Crippen LogP contribution in [0.5, 0.6) is 0 Å². The number of carboxylic acids is 1. The number of aliphatic carboxylic acids is 1. The van der Waals surface area contributed by atoms with E-state index in [4.69, 9.17) is 16.3 Å². The number of hydrogen-bond acceptors (Lipinski definition) is 5. The van der Waals surface area contributed by atoms with Crippen LogP contribution in [0.2, 0.25) is 5.02 Å². The Bertz CT molecular complexity index is 750. The van der Waals surface area contributed by atoms with E-state index in [0.717, 1.165) is 31.5 Å². The molecule has 0 unspecified atom stereocenters. The molecule has 0 aliphatic heterocycles. The lowest BCUT2D eigenvalue weighted by Gasteiger charge is -2.38. The number of halogens is 1. The number of rotatable bonds is 12. The third-order valence-corrected chi connectivity index (χ3v) is 5.68. The van der Waals surface area contributed by atoms with Gasteiger partial charge in [0.05, 0.1) is 18.2 Å². The first kappa shape index (κ1) is 25.2. The molecule has 0 radical (unpaired) electrons. The maximum absolute atomic E-state index is 11.8. The molecule has 0 bridgehead atoms. The second-order valence-electron chi connectivity index (χ2n) is 7.81. The van der Waals surface area contributed by atoms with Crippen LogP contribution in [0.1, 0.15) is 46.5 Å². The van der Waals surface area contributed by atoms with Crippen molar-refractivity contribution in [3.8, 4) is 0 Å². The average molecular weight is 452 g/mol. The van der Waals surface area contributed by atoms with Crippen molar-refractivity contribution in [3.05, 3.63) is 40.9 Å². The van der Waals surface area contributed by atoms with Crippen LogP contribution in [0.3, 0.4) is 0 Å². The zero-order valence-electron chi connectivity index (χ0n) is 18.5. The van der Waals surface area contributed by atoms with Crippen molar-refractivity contribution in [3.63, 3.8) is 0 Å². The Hall–Kier alpha value is -2.09. The molecule has 0 saturated heterocycles. The first-order valence-corrected chi connectivity index (χ1v) is 11.3. The maximum atomic E-state index is 11.8. The third kappa shape index (κ3) is 8.16. The summed E-state index contributed by atoms with van der Waals surface area (Å²) in [5.74, 6) is -1.11. The molecular weight excluding hydrogens is 418 g/mol. The highest BCUT2D eigenvalue weighted by Crippen LogP contribution is 2.24. The van der Waals surface area contributed by atoms with E-state index in [1.54, 1.807) is 6.08 Å². The minimum atomic E-state index is -0.948. The molecule has 172 valence electrons. The second-order valence-corrected chi connectivity index (χ2v) is 8.25. The number of hydrogen-bond donors (Lipinski definition) is 4. The highest BCUT2D eigenvalue weighted by molar-refractivity contribution is 6.30. The smallest absolute Gasteiger partial charge is 0.331 e. The van der Waals surface area contributed by atoms with Crippen molar-refractivity contribution in [2.24, 2.45) is 0 Å². The van der Waals surface area contributed by atoms with Crippen LogP contribution in [0.15, 0.2) is 35.9 Å². The van der Waals surface area contributed by atoms with Gasteiger partial charge in [0.1, 0.15) is 0 Å². The summed E-state index contributed by atoms with van der Waals surface area (Å²) in [4.78, 5) is 23.5. The summed E-state index contributed by atoms with van der Waals surface area (Å²) in [6.07, 6.45) is 3.98. The first-order chi connectivity index (χ1) is 14.8. The Morgan fingerprint density at radius 3 is 2.45 bits per heavy atom. The molecule has 2 rings (SSSR count). The molecule has 7 nitrogen and oxygen atoms in total. The van der Waals surface area contributed by atoms with Crippen LogP contribution in [-0.2, 0) is 14.3 Å². The topological polar surface area (TPSA) is 99.7 Å². The lowest BCUT2D eigenvalue weighted by Crippen LogP contribution is -2.58. The van der Waals surface area contributed by atoms with Gasteiger partial charge in [-0.25, -0.2) is 4.79 Å². The molecule has 1 amide bonds. The summed E-state index contributed by atoms with van der Waals surface area (Å²) in [7, 11) is 0. The Morgan fingerprint density at radius 2 is 1.87 bits per heavy atom. The van der Waals surface area contributed by atoms with Crippen LogP contribution < -0.4 is 16.0 Å². The maximum Gasteiger partial charge on any atom is 0.331 e. The molecule has 1 aromatic carbocycles. The van der Waals surface area contributed by atoms with Gasteiger partial charge in [0, 0.05) is 35.8 Å². The minimum absolute atomic E-state index is 0.00915. The van der Waals surface area contributed by atoms with E-state index >= 15 is 0 Å². The van der Waals surface area contributed by atoms with Gasteiger partial charge in [-0.05, 0) is 62.6 Å². The van der Waals surface area contributed by atoms with E-state index in [-0.39, 0.29) is 24.1 Å². The molecule has 0 aromatic heterocycles. The summed E-state index contributed by atoms with van der Waals surface area (Å²) in [5, 5.41) is 20.0. The fourth-order valence-electron chi connectivity index (χ4n) is 3.74. The molecule has 0 saturated carbocycles. The molecule has 3 atom stereocenters. The van der Waals surface area contributed by atoms with Gasteiger partial charge in [0.15, 0.2) is 0 Å². The van der Waals surface area contributed by atoms with Crippen molar-refractivity contribution in [2.75, 3.05) is 18.4 Å². The van der Waals surface area contributed by atoms with Gasteiger partial charge in [-0.15, -0.1) is 0 Å². The highest BCUT2D eigenvalue weighted by Gasteiger charge is 2.37. The van der Waals surface area contributed by atoms with E-state index in [0.29, 0.717) is 23.6 Å². The first-order valence-electron chi connectivity index (χ1n) is 10.9. The standard InChI is InChI=1S/C23H34ClN3O4/c1-4-19(5-2)31-21-14-16(23(29)30)13-20(22(21)27-15(3)28)26-12-6-11-25-18-9-7-17(24)8-10-18/h7-10,14,19-22,25-26H,4-6,11-13H2,1-3H3,(H,27,28)(H,29,30)/t20-,21+,22+/m0/s1. The van der Waals surface area contributed by atoms with Crippen molar-refractivity contribution >= 4 is 29.2 Å². The van der Waals surface area contributed by atoms with Crippen molar-refractivity contribution in [1.82, 2.24) is 10.6 Å². The summed E-state index contributed by atoms with van der Waals surface area (Å²) in [6.45, 7) is 6.97. The zero-order valence-corrected chi connectivity index (χ0v) is 19.2. The van der Waals surface area contributed by atoms with E-state index in [1.165, 1.54) is 6.92 Å². The predicted molar refractivity (Wildman–Crippen MR) is 124 cm³/mol. The quantitative estimate of drug-likeness (QED) is 0.362. The summed E-state index contributed by atoms with van der Waals surface area (Å²) >= 11 is 5.90. The minimum Gasteiger partial charge on any atom is -0.478 e. The lowest BCUT2D eigenvalue weighted by atomic mass is 9.87.